The number of phenols is 1. The van der Waals surface area contributed by atoms with Crippen molar-refractivity contribution >= 4 is 5.69 Å². The van der Waals surface area contributed by atoms with Crippen molar-refractivity contribution < 1.29 is 9.84 Å². The van der Waals surface area contributed by atoms with Gasteiger partial charge in [-0.25, -0.2) is 0 Å². The van der Waals surface area contributed by atoms with Crippen molar-refractivity contribution in [2.75, 3.05) is 12.4 Å². The molecule has 0 aliphatic carbocycles. The Balaban J connectivity index is 2.22. The number of aryl methyl sites for hydroxylation is 1. The van der Waals surface area contributed by atoms with Crippen LogP contribution in [0.15, 0.2) is 42.5 Å². The zero-order chi connectivity index (χ0) is 14.5. The van der Waals surface area contributed by atoms with Crippen molar-refractivity contribution in [1.82, 2.24) is 0 Å². The van der Waals surface area contributed by atoms with E-state index in [2.05, 4.69) is 11.4 Å². The number of anilines is 1. The lowest BCUT2D eigenvalue weighted by Crippen LogP contribution is -2.08. The number of benzene rings is 2. The Labute approximate surface area is 118 Å². The topological polar surface area (TPSA) is 65.3 Å². The van der Waals surface area contributed by atoms with Crippen LogP contribution in [-0.2, 0) is 0 Å². The summed E-state index contributed by atoms with van der Waals surface area (Å²) in [5.41, 5.74) is 2.70. The van der Waals surface area contributed by atoms with E-state index in [1.165, 1.54) is 13.2 Å². The normalized spacial score (nSPS) is 11.4. The quantitative estimate of drug-likeness (QED) is 0.892. The maximum atomic E-state index is 9.78. The van der Waals surface area contributed by atoms with Crippen LogP contribution in [0.5, 0.6) is 11.5 Å². The minimum atomic E-state index is -0.533. The number of ether oxygens (including phenoxy) is 1. The molecule has 2 aromatic rings. The highest BCUT2D eigenvalue weighted by molar-refractivity contribution is 5.50. The first-order valence-corrected chi connectivity index (χ1v) is 6.24. The Bertz CT molecular complexity index is 630. The fraction of sp³-hybridized carbons (Fsp3) is 0.188. The summed E-state index contributed by atoms with van der Waals surface area (Å²) in [4.78, 5) is 0. The summed E-state index contributed by atoms with van der Waals surface area (Å²) >= 11 is 0. The maximum absolute atomic E-state index is 9.78. The number of nitrogens with zero attached hydrogens (tertiary/aromatic N) is 1. The number of nitriles is 1. The molecular formula is C16H16N2O2. The molecule has 0 saturated carbocycles. The van der Waals surface area contributed by atoms with Crippen LogP contribution in [0, 0.1) is 18.3 Å². The van der Waals surface area contributed by atoms with Gasteiger partial charge in [-0.15, -0.1) is 0 Å². The van der Waals surface area contributed by atoms with Crippen LogP contribution in [-0.4, -0.2) is 12.2 Å². The molecule has 2 rings (SSSR count). The van der Waals surface area contributed by atoms with Crippen LogP contribution in [0.2, 0.25) is 0 Å². The molecule has 102 valence electrons. The number of hydrogen-bond donors (Lipinski definition) is 2. The Morgan fingerprint density at radius 3 is 2.45 bits per heavy atom. The smallest absolute Gasteiger partial charge is 0.160 e. The van der Waals surface area contributed by atoms with Crippen molar-refractivity contribution in [3.05, 3.63) is 53.6 Å². The lowest BCUT2D eigenvalue weighted by Gasteiger charge is -2.14. The number of hydrogen-bond acceptors (Lipinski definition) is 4. The zero-order valence-electron chi connectivity index (χ0n) is 11.4. The number of phenolic OH excluding ortho intramolecular Hbond substituents is 1. The summed E-state index contributed by atoms with van der Waals surface area (Å²) < 4.78 is 4.99. The highest BCUT2D eigenvalue weighted by Gasteiger charge is 2.12. The summed E-state index contributed by atoms with van der Waals surface area (Å²) in [5.74, 6) is 0.414. The number of rotatable bonds is 4. The molecule has 0 aliphatic heterocycles. The molecule has 0 saturated heterocycles. The number of aromatic hydroxyl groups is 1. The Kier molecular flexibility index (Phi) is 4.11. The Morgan fingerprint density at radius 2 is 1.90 bits per heavy atom. The second-order valence-corrected chi connectivity index (χ2v) is 4.50. The van der Waals surface area contributed by atoms with Gasteiger partial charge in [-0.2, -0.15) is 5.26 Å². The molecule has 4 nitrogen and oxygen atoms in total. The lowest BCUT2D eigenvalue weighted by molar-refractivity contribution is 0.373. The van der Waals surface area contributed by atoms with Crippen LogP contribution in [0.4, 0.5) is 5.69 Å². The van der Waals surface area contributed by atoms with Crippen LogP contribution in [0.25, 0.3) is 0 Å². The average Bonchev–Trinajstić information content (AvgIpc) is 2.46. The first-order valence-electron chi connectivity index (χ1n) is 6.24. The highest BCUT2D eigenvalue weighted by Crippen LogP contribution is 2.30. The molecule has 0 radical (unpaired) electrons. The number of methoxy groups -OCH3 is 1. The molecule has 0 amide bonds. The van der Waals surface area contributed by atoms with Crippen molar-refractivity contribution in [3.8, 4) is 17.6 Å². The van der Waals surface area contributed by atoms with E-state index in [4.69, 9.17) is 4.74 Å². The molecule has 1 atom stereocenters. The van der Waals surface area contributed by atoms with Gasteiger partial charge in [0.2, 0.25) is 0 Å². The third-order valence-electron chi connectivity index (χ3n) is 3.03. The van der Waals surface area contributed by atoms with Gasteiger partial charge in [-0.3, -0.25) is 0 Å². The summed E-state index contributed by atoms with van der Waals surface area (Å²) in [5, 5.41) is 22.2. The fourth-order valence-electron chi connectivity index (χ4n) is 1.89. The van der Waals surface area contributed by atoms with Crippen LogP contribution < -0.4 is 10.1 Å². The van der Waals surface area contributed by atoms with Gasteiger partial charge >= 0.3 is 0 Å². The zero-order valence-corrected chi connectivity index (χ0v) is 11.4. The van der Waals surface area contributed by atoms with Gasteiger partial charge in [0.1, 0.15) is 6.04 Å². The molecule has 0 spiro atoms. The van der Waals surface area contributed by atoms with Crippen molar-refractivity contribution in [1.29, 1.82) is 5.26 Å². The fourth-order valence-corrected chi connectivity index (χ4v) is 1.89. The molecular weight excluding hydrogens is 252 g/mol. The first-order chi connectivity index (χ1) is 9.63. The average molecular weight is 268 g/mol. The largest absolute Gasteiger partial charge is 0.504 e. The molecule has 0 aliphatic rings. The van der Waals surface area contributed by atoms with Crippen LogP contribution in [0.1, 0.15) is 17.2 Å². The van der Waals surface area contributed by atoms with Crippen LogP contribution >= 0.6 is 0 Å². The molecule has 0 heterocycles. The molecule has 2 N–H and O–H groups in total. The van der Waals surface area contributed by atoms with E-state index < -0.39 is 6.04 Å². The van der Waals surface area contributed by atoms with E-state index >= 15 is 0 Å². The molecule has 1 unspecified atom stereocenters. The van der Waals surface area contributed by atoms with E-state index in [9.17, 15) is 10.4 Å². The Morgan fingerprint density at radius 1 is 1.20 bits per heavy atom. The van der Waals surface area contributed by atoms with Gasteiger partial charge in [0.05, 0.1) is 13.2 Å². The standard InChI is InChI=1S/C16H16N2O2/c1-11-3-6-13(7-4-11)18-14(10-17)12-5-8-16(20-2)15(19)9-12/h3-9,14,18-19H,1-2H3. The predicted molar refractivity (Wildman–Crippen MR) is 77.8 cm³/mol. The summed E-state index contributed by atoms with van der Waals surface area (Å²) in [6, 6.07) is 14.4. The van der Waals surface area contributed by atoms with E-state index in [0.717, 1.165) is 11.3 Å². The molecule has 4 heteroatoms. The first kappa shape index (κ1) is 13.8. The monoisotopic (exact) mass is 268 g/mol. The summed E-state index contributed by atoms with van der Waals surface area (Å²) in [6.07, 6.45) is 0. The lowest BCUT2D eigenvalue weighted by atomic mass is 10.1. The molecule has 2 aromatic carbocycles. The van der Waals surface area contributed by atoms with Gasteiger partial charge in [0, 0.05) is 5.69 Å². The molecule has 0 aromatic heterocycles. The van der Waals surface area contributed by atoms with Gasteiger partial charge in [0.15, 0.2) is 11.5 Å². The van der Waals surface area contributed by atoms with E-state index in [-0.39, 0.29) is 5.75 Å². The minimum Gasteiger partial charge on any atom is -0.504 e. The number of nitrogens with one attached hydrogen (secondary N) is 1. The van der Waals surface area contributed by atoms with Crippen molar-refractivity contribution in [2.45, 2.75) is 13.0 Å². The molecule has 0 bridgehead atoms. The van der Waals surface area contributed by atoms with E-state index in [0.29, 0.717) is 11.3 Å². The SMILES string of the molecule is COc1ccc(C(C#N)Nc2ccc(C)cc2)cc1O. The third-order valence-corrected chi connectivity index (χ3v) is 3.03. The van der Waals surface area contributed by atoms with Crippen molar-refractivity contribution in [2.24, 2.45) is 0 Å². The van der Waals surface area contributed by atoms with Crippen LogP contribution in [0.3, 0.4) is 0 Å². The van der Waals surface area contributed by atoms with Gasteiger partial charge in [-0.1, -0.05) is 23.8 Å². The highest BCUT2D eigenvalue weighted by atomic mass is 16.5. The minimum absolute atomic E-state index is 0.0240. The van der Waals surface area contributed by atoms with Crippen molar-refractivity contribution in [3.63, 3.8) is 0 Å². The Hall–Kier alpha value is -2.67. The van der Waals surface area contributed by atoms with E-state index in [1.807, 2.05) is 31.2 Å². The van der Waals surface area contributed by atoms with Gasteiger partial charge in [0.25, 0.3) is 0 Å². The molecule has 0 fully saturated rings. The second kappa shape index (κ2) is 5.98. The summed E-state index contributed by atoms with van der Waals surface area (Å²) in [6.45, 7) is 2.01. The van der Waals surface area contributed by atoms with E-state index in [1.54, 1.807) is 12.1 Å². The third kappa shape index (κ3) is 3.01. The van der Waals surface area contributed by atoms with Gasteiger partial charge < -0.3 is 15.2 Å². The maximum Gasteiger partial charge on any atom is 0.160 e. The van der Waals surface area contributed by atoms with Gasteiger partial charge in [-0.05, 0) is 36.8 Å². The predicted octanol–water partition coefficient (Wildman–Crippen LogP) is 3.39. The molecule has 20 heavy (non-hydrogen) atoms. The summed E-state index contributed by atoms with van der Waals surface area (Å²) in [7, 11) is 1.49. The second-order valence-electron chi connectivity index (χ2n) is 4.50.